The molecule has 0 atom stereocenters. The van der Waals surface area contributed by atoms with Gasteiger partial charge in [0, 0.05) is 18.7 Å². The topological polar surface area (TPSA) is 56.1 Å². The summed E-state index contributed by atoms with van der Waals surface area (Å²) in [7, 11) is 0. The van der Waals surface area contributed by atoms with Crippen LogP contribution in [0.5, 0.6) is 0 Å². The van der Waals surface area contributed by atoms with Crippen LogP contribution in [0.3, 0.4) is 0 Å². The summed E-state index contributed by atoms with van der Waals surface area (Å²) in [5, 5.41) is 11.6. The van der Waals surface area contributed by atoms with Gasteiger partial charge in [-0.15, -0.1) is 0 Å². The number of hydrogen-bond acceptors (Lipinski definition) is 3. The molecule has 4 heteroatoms. The zero-order chi connectivity index (χ0) is 14.1. The van der Waals surface area contributed by atoms with Gasteiger partial charge >= 0.3 is 0 Å². The Bertz CT molecular complexity index is 447. The molecule has 0 bridgehead atoms. The van der Waals surface area contributed by atoms with Crippen LogP contribution in [0.1, 0.15) is 29.8 Å². The Labute approximate surface area is 115 Å². The van der Waals surface area contributed by atoms with Crippen LogP contribution in [0, 0.1) is 11.3 Å². The largest absolute Gasteiger partial charge is 0.351 e. The Balaban J connectivity index is 2.49. The van der Waals surface area contributed by atoms with Crippen molar-refractivity contribution in [1.29, 1.82) is 5.26 Å². The van der Waals surface area contributed by atoms with Gasteiger partial charge in [-0.05, 0) is 30.8 Å². The third kappa shape index (κ3) is 5.11. The van der Waals surface area contributed by atoms with Crippen LogP contribution in [-0.2, 0) is 6.42 Å². The van der Waals surface area contributed by atoms with Crippen molar-refractivity contribution in [2.45, 2.75) is 20.3 Å². The molecule has 1 rings (SSSR count). The van der Waals surface area contributed by atoms with Gasteiger partial charge in [-0.3, -0.25) is 4.79 Å². The van der Waals surface area contributed by atoms with Crippen molar-refractivity contribution in [3.63, 3.8) is 0 Å². The van der Waals surface area contributed by atoms with Gasteiger partial charge in [0.05, 0.1) is 12.5 Å². The fourth-order valence-electron chi connectivity index (χ4n) is 1.88. The van der Waals surface area contributed by atoms with Gasteiger partial charge < -0.3 is 10.2 Å². The molecule has 1 aromatic carbocycles. The number of likely N-dealkylation sites (N-methyl/N-ethyl adjacent to an activating group) is 1. The Morgan fingerprint density at radius 1 is 1.37 bits per heavy atom. The van der Waals surface area contributed by atoms with Crippen LogP contribution in [0.2, 0.25) is 0 Å². The fraction of sp³-hybridized carbons (Fsp3) is 0.467. The number of carbonyl (C=O) groups is 1. The van der Waals surface area contributed by atoms with Crippen LogP contribution in [0.25, 0.3) is 0 Å². The summed E-state index contributed by atoms with van der Waals surface area (Å²) in [6.45, 7) is 7.70. The molecule has 0 aliphatic heterocycles. The monoisotopic (exact) mass is 259 g/mol. The van der Waals surface area contributed by atoms with Crippen molar-refractivity contribution in [2.24, 2.45) is 0 Å². The fourth-order valence-corrected chi connectivity index (χ4v) is 1.88. The molecule has 0 spiro atoms. The molecule has 1 N–H and O–H groups in total. The van der Waals surface area contributed by atoms with Crippen molar-refractivity contribution in [1.82, 2.24) is 10.2 Å². The molecule has 0 heterocycles. The molecule has 0 unspecified atom stereocenters. The zero-order valence-electron chi connectivity index (χ0n) is 11.6. The second-order valence-corrected chi connectivity index (χ2v) is 4.32. The third-order valence-electron chi connectivity index (χ3n) is 3.08. The molecule has 0 aliphatic rings. The van der Waals surface area contributed by atoms with E-state index in [0.29, 0.717) is 18.5 Å². The van der Waals surface area contributed by atoms with Crippen molar-refractivity contribution in [3.8, 4) is 6.07 Å². The first-order chi connectivity index (χ1) is 9.21. The maximum Gasteiger partial charge on any atom is 0.251 e. The van der Waals surface area contributed by atoms with Crippen molar-refractivity contribution < 1.29 is 4.79 Å². The number of carbonyl (C=O) groups excluding carboxylic acids is 1. The minimum atomic E-state index is -0.0769. The van der Waals surface area contributed by atoms with Crippen molar-refractivity contribution in [3.05, 3.63) is 35.4 Å². The summed E-state index contributed by atoms with van der Waals surface area (Å²) in [6, 6.07) is 9.30. The predicted octanol–water partition coefficient (Wildman–Crippen LogP) is 1.82. The average Bonchev–Trinajstić information content (AvgIpc) is 2.44. The highest BCUT2D eigenvalue weighted by molar-refractivity contribution is 5.94. The van der Waals surface area contributed by atoms with Gasteiger partial charge in [0.25, 0.3) is 5.91 Å². The lowest BCUT2D eigenvalue weighted by Gasteiger charge is -2.17. The summed E-state index contributed by atoms with van der Waals surface area (Å²) >= 11 is 0. The minimum Gasteiger partial charge on any atom is -0.351 e. The molecule has 1 amide bonds. The van der Waals surface area contributed by atoms with Crippen LogP contribution in [0.4, 0.5) is 0 Å². The molecule has 0 saturated carbocycles. The predicted molar refractivity (Wildman–Crippen MR) is 75.9 cm³/mol. The SMILES string of the molecule is CCN(CC)CCNC(=O)c1cccc(CC#N)c1. The first-order valence-electron chi connectivity index (χ1n) is 6.67. The van der Waals surface area contributed by atoms with Crippen LogP contribution in [-0.4, -0.2) is 37.0 Å². The molecule has 0 aliphatic carbocycles. The summed E-state index contributed by atoms with van der Waals surface area (Å²) in [6.07, 6.45) is 0.334. The van der Waals surface area contributed by atoms with E-state index in [4.69, 9.17) is 5.26 Å². The molecule has 4 nitrogen and oxygen atoms in total. The number of nitrogens with one attached hydrogen (secondary N) is 1. The summed E-state index contributed by atoms with van der Waals surface area (Å²) in [5.74, 6) is -0.0769. The third-order valence-corrected chi connectivity index (χ3v) is 3.08. The minimum absolute atomic E-state index is 0.0769. The van der Waals surface area contributed by atoms with Crippen molar-refractivity contribution >= 4 is 5.91 Å². The number of amides is 1. The summed E-state index contributed by atoms with van der Waals surface area (Å²) < 4.78 is 0. The maximum absolute atomic E-state index is 11.9. The molecule has 0 fully saturated rings. The summed E-state index contributed by atoms with van der Waals surface area (Å²) in [5.41, 5.74) is 1.49. The van der Waals surface area contributed by atoms with E-state index in [0.717, 1.165) is 25.2 Å². The van der Waals surface area contributed by atoms with Gasteiger partial charge in [-0.1, -0.05) is 26.0 Å². The second kappa shape index (κ2) is 8.28. The molecule has 0 aromatic heterocycles. The van der Waals surface area contributed by atoms with E-state index in [1.54, 1.807) is 12.1 Å². The van der Waals surface area contributed by atoms with Crippen LogP contribution >= 0.6 is 0 Å². The Morgan fingerprint density at radius 3 is 2.74 bits per heavy atom. The highest BCUT2D eigenvalue weighted by Crippen LogP contribution is 2.05. The van der Waals surface area contributed by atoms with E-state index in [9.17, 15) is 4.79 Å². The lowest BCUT2D eigenvalue weighted by Crippen LogP contribution is -2.34. The molecule has 19 heavy (non-hydrogen) atoms. The Morgan fingerprint density at radius 2 is 2.11 bits per heavy atom. The van der Waals surface area contributed by atoms with Crippen molar-refractivity contribution in [2.75, 3.05) is 26.2 Å². The molecule has 0 saturated heterocycles. The van der Waals surface area contributed by atoms with Gasteiger partial charge in [-0.25, -0.2) is 0 Å². The van der Waals surface area contributed by atoms with Crippen LogP contribution < -0.4 is 5.32 Å². The number of hydrogen-bond donors (Lipinski definition) is 1. The molecular weight excluding hydrogens is 238 g/mol. The quantitative estimate of drug-likeness (QED) is 0.812. The molecule has 102 valence electrons. The van der Waals surface area contributed by atoms with E-state index in [-0.39, 0.29) is 5.91 Å². The number of nitrogens with zero attached hydrogens (tertiary/aromatic N) is 2. The first-order valence-corrected chi connectivity index (χ1v) is 6.67. The van der Waals surface area contributed by atoms with E-state index < -0.39 is 0 Å². The Hall–Kier alpha value is -1.86. The highest BCUT2D eigenvalue weighted by Gasteiger charge is 2.06. The maximum atomic E-state index is 11.9. The highest BCUT2D eigenvalue weighted by atomic mass is 16.1. The van der Waals surface area contributed by atoms with Gasteiger partial charge in [0.1, 0.15) is 0 Å². The lowest BCUT2D eigenvalue weighted by molar-refractivity contribution is 0.0949. The zero-order valence-corrected chi connectivity index (χ0v) is 11.6. The average molecular weight is 259 g/mol. The van der Waals surface area contributed by atoms with Crippen LogP contribution in [0.15, 0.2) is 24.3 Å². The van der Waals surface area contributed by atoms with E-state index in [1.165, 1.54) is 0 Å². The summed E-state index contributed by atoms with van der Waals surface area (Å²) in [4.78, 5) is 14.2. The molecule has 1 aromatic rings. The number of nitriles is 1. The number of rotatable bonds is 7. The Kier molecular flexibility index (Phi) is 6.62. The van der Waals surface area contributed by atoms with Gasteiger partial charge in [0.15, 0.2) is 0 Å². The number of benzene rings is 1. The van der Waals surface area contributed by atoms with Gasteiger partial charge in [0.2, 0.25) is 0 Å². The molecule has 0 radical (unpaired) electrons. The lowest BCUT2D eigenvalue weighted by atomic mass is 10.1. The first kappa shape index (κ1) is 15.2. The molecular formula is C15H21N3O. The normalized spacial score (nSPS) is 10.2. The second-order valence-electron chi connectivity index (χ2n) is 4.32. The van der Waals surface area contributed by atoms with E-state index in [1.807, 2.05) is 12.1 Å². The van der Waals surface area contributed by atoms with E-state index >= 15 is 0 Å². The smallest absolute Gasteiger partial charge is 0.251 e. The van der Waals surface area contributed by atoms with Gasteiger partial charge in [-0.2, -0.15) is 5.26 Å². The standard InChI is InChI=1S/C15H21N3O/c1-3-18(4-2)11-10-17-15(19)14-7-5-6-13(12-14)8-9-16/h5-7,12H,3-4,8,10-11H2,1-2H3,(H,17,19). The van der Waals surface area contributed by atoms with E-state index in [2.05, 4.69) is 30.1 Å².